The molecule has 0 aromatic heterocycles. The summed E-state index contributed by atoms with van der Waals surface area (Å²) in [6, 6.07) is 7.34. The first kappa shape index (κ1) is 9.98. The number of hydrogen-bond donors (Lipinski definition) is 1. The minimum Gasteiger partial charge on any atom is -0.484 e. The van der Waals surface area contributed by atoms with Crippen molar-refractivity contribution in [2.75, 3.05) is 18.1 Å². The zero-order valence-corrected chi connectivity index (χ0v) is 8.51. The first-order valence-corrected chi connectivity index (χ1v) is 4.87. The van der Waals surface area contributed by atoms with E-state index in [2.05, 4.69) is 0 Å². The number of anilines is 1. The van der Waals surface area contributed by atoms with Crippen LogP contribution in [-0.2, 0) is 4.79 Å². The number of benzene rings is 1. The maximum atomic E-state index is 11.4. The second-order valence-electron chi connectivity index (χ2n) is 3.52. The molecule has 1 amide bonds. The molecular formula is C11H13NO3. The van der Waals surface area contributed by atoms with Gasteiger partial charge in [0.2, 0.25) is 5.91 Å². The van der Waals surface area contributed by atoms with E-state index in [0.717, 1.165) is 5.69 Å². The molecule has 0 radical (unpaired) electrons. The van der Waals surface area contributed by atoms with Gasteiger partial charge in [0.1, 0.15) is 11.9 Å². The van der Waals surface area contributed by atoms with Gasteiger partial charge in [-0.15, -0.1) is 0 Å². The number of aliphatic hydroxyl groups excluding tert-OH is 1. The fourth-order valence-electron chi connectivity index (χ4n) is 1.69. The van der Waals surface area contributed by atoms with Crippen molar-refractivity contribution in [2.24, 2.45) is 0 Å². The van der Waals surface area contributed by atoms with Crippen LogP contribution in [0.4, 0.5) is 5.69 Å². The summed E-state index contributed by atoms with van der Waals surface area (Å²) in [5, 5.41) is 9.05. The Kier molecular flexibility index (Phi) is 2.60. The first-order valence-electron chi connectivity index (χ1n) is 4.87. The maximum absolute atomic E-state index is 11.4. The number of fused-ring (bicyclic) bond motifs is 1. The average Bonchev–Trinajstić information content (AvgIpc) is 2.27. The molecule has 1 aliphatic rings. The van der Waals surface area contributed by atoms with E-state index in [0.29, 0.717) is 12.3 Å². The Labute approximate surface area is 88.1 Å². The summed E-state index contributed by atoms with van der Waals surface area (Å²) in [7, 11) is 0. The predicted molar refractivity (Wildman–Crippen MR) is 56.0 cm³/mol. The van der Waals surface area contributed by atoms with Crippen LogP contribution in [0.25, 0.3) is 0 Å². The van der Waals surface area contributed by atoms with E-state index in [4.69, 9.17) is 9.84 Å². The number of amides is 1. The van der Waals surface area contributed by atoms with Crippen LogP contribution in [0.15, 0.2) is 24.3 Å². The van der Waals surface area contributed by atoms with Gasteiger partial charge in [0, 0.05) is 6.92 Å². The van der Waals surface area contributed by atoms with Gasteiger partial charge in [-0.1, -0.05) is 12.1 Å². The second-order valence-corrected chi connectivity index (χ2v) is 3.52. The van der Waals surface area contributed by atoms with Crippen LogP contribution in [0.5, 0.6) is 5.75 Å². The third kappa shape index (κ3) is 1.80. The molecule has 1 aliphatic heterocycles. The first-order chi connectivity index (χ1) is 7.22. The van der Waals surface area contributed by atoms with Crippen molar-refractivity contribution in [3.63, 3.8) is 0 Å². The van der Waals surface area contributed by atoms with E-state index >= 15 is 0 Å². The van der Waals surface area contributed by atoms with Gasteiger partial charge in [-0.2, -0.15) is 0 Å². The molecule has 0 saturated heterocycles. The Morgan fingerprint density at radius 3 is 3.00 bits per heavy atom. The summed E-state index contributed by atoms with van der Waals surface area (Å²) < 4.78 is 5.52. The largest absolute Gasteiger partial charge is 0.484 e. The molecule has 4 nitrogen and oxygen atoms in total. The van der Waals surface area contributed by atoms with Crippen LogP contribution < -0.4 is 9.64 Å². The monoisotopic (exact) mass is 207 g/mol. The Balaban J connectivity index is 2.38. The van der Waals surface area contributed by atoms with Gasteiger partial charge in [0.05, 0.1) is 18.8 Å². The topological polar surface area (TPSA) is 49.8 Å². The number of carbonyl (C=O) groups is 1. The Morgan fingerprint density at radius 2 is 2.33 bits per heavy atom. The lowest BCUT2D eigenvalue weighted by Crippen LogP contribution is -2.44. The lowest BCUT2D eigenvalue weighted by atomic mass is 10.2. The number of aliphatic hydroxyl groups is 1. The third-order valence-corrected chi connectivity index (χ3v) is 2.42. The molecule has 1 N–H and O–H groups in total. The van der Waals surface area contributed by atoms with Gasteiger partial charge in [-0.3, -0.25) is 4.79 Å². The molecule has 0 saturated carbocycles. The summed E-state index contributed by atoms with van der Waals surface area (Å²) in [4.78, 5) is 13.0. The van der Waals surface area contributed by atoms with E-state index in [-0.39, 0.29) is 18.6 Å². The number of carbonyl (C=O) groups excluding carboxylic acids is 1. The molecule has 0 bridgehead atoms. The maximum Gasteiger partial charge on any atom is 0.224 e. The summed E-state index contributed by atoms with van der Waals surface area (Å²) in [6.07, 6.45) is -0.330. The van der Waals surface area contributed by atoms with Crippen LogP contribution in [0.1, 0.15) is 6.92 Å². The van der Waals surface area contributed by atoms with E-state index in [1.807, 2.05) is 18.2 Å². The summed E-state index contributed by atoms with van der Waals surface area (Å²) in [6.45, 7) is 1.83. The summed E-state index contributed by atoms with van der Waals surface area (Å²) in [5.74, 6) is 0.613. The quantitative estimate of drug-likeness (QED) is 0.740. The molecule has 1 aromatic rings. The standard InChI is InChI=1S/C11H13NO3/c1-8(14)12-6-9(7-13)15-11-5-3-2-4-10(11)12/h2-5,9,13H,6-7H2,1H3. The zero-order valence-electron chi connectivity index (χ0n) is 8.51. The van der Waals surface area contributed by atoms with Crippen molar-refractivity contribution in [1.82, 2.24) is 0 Å². The highest BCUT2D eigenvalue weighted by Gasteiger charge is 2.26. The minimum atomic E-state index is -0.330. The van der Waals surface area contributed by atoms with Gasteiger partial charge in [-0.05, 0) is 12.1 Å². The molecule has 0 fully saturated rings. The Morgan fingerprint density at radius 1 is 1.60 bits per heavy atom. The normalized spacial score (nSPS) is 19.3. The molecule has 4 heteroatoms. The highest BCUT2D eigenvalue weighted by atomic mass is 16.5. The summed E-state index contributed by atoms with van der Waals surface area (Å²) in [5.41, 5.74) is 0.773. The SMILES string of the molecule is CC(=O)N1CC(CO)Oc2ccccc21. The molecule has 15 heavy (non-hydrogen) atoms. The molecule has 1 unspecified atom stereocenters. The lowest BCUT2D eigenvalue weighted by molar-refractivity contribution is -0.117. The second kappa shape index (κ2) is 3.90. The Hall–Kier alpha value is -1.55. The van der Waals surface area contributed by atoms with Crippen LogP contribution in [0, 0.1) is 0 Å². The molecule has 80 valence electrons. The van der Waals surface area contributed by atoms with Crippen molar-refractivity contribution in [2.45, 2.75) is 13.0 Å². The van der Waals surface area contributed by atoms with Crippen LogP contribution in [0.2, 0.25) is 0 Å². The van der Waals surface area contributed by atoms with Gasteiger partial charge < -0.3 is 14.7 Å². The molecule has 0 aliphatic carbocycles. The van der Waals surface area contributed by atoms with E-state index in [1.165, 1.54) is 6.92 Å². The van der Waals surface area contributed by atoms with Crippen LogP contribution in [0.3, 0.4) is 0 Å². The van der Waals surface area contributed by atoms with Crippen molar-refractivity contribution in [3.8, 4) is 5.75 Å². The smallest absolute Gasteiger partial charge is 0.224 e. The van der Waals surface area contributed by atoms with Crippen molar-refractivity contribution >= 4 is 11.6 Å². The fourth-order valence-corrected chi connectivity index (χ4v) is 1.69. The van der Waals surface area contributed by atoms with Gasteiger partial charge >= 0.3 is 0 Å². The number of para-hydroxylation sites is 2. The van der Waals surface area contributed by atoms with E-state index in [9.17, 15) is 4.79 Å². The summed E-state index contributed by atoms with van der Waals surface area (Å²) >= 11 is 0. The number of rotatable bonds is 1. The molecule has 1 aromatic carbocycles. The van der Waals surface area contributed by atoms with Gasteiger partial charge in [0.25, 0.3) is 0 Å². The molecule has 2 rings (SSSR count). The van der Waals surface area contributed by atoms with Gasteiger partial charge in [-0.25, -0.2) is 0 Å². The number of ether oxygens (including phenoxy) is 1. The lowest BCUT2D eigenvalue weighted by Gasteiger charge is -2.33. The Bertz CT molecular complexity index is 378. The van der Waals surface area contributed by atoms with Crippen LogP contribution in [-0.4, -0.2) is 30.3 Å². The molecule has 0 spiro atoms. The van der Waals surface area contributed by atoms with E-state index in [1.54, 1.807) is 11.0 Å². The third-order valence-electron chi connectivity index (χ3n) is 2.42. The van der Waals surface area contributed by atoms with Gasteiger partial charge in [0.15, 0.2) is 0 Å². The molecular weight excluding hydrogens is 194 g/mol. The van der Waals surface area contributed by atoms with Crippen molar-refractivity contribution < 1.29 is 14.6 Å². The minimum absolute atomic E-state index is 0.0378. The highest BCUT2D eigenvalue weighted by Crippen LogP contribution is 2.32. The van der Waals surface area contributed by atoms with Crippen LogP contribution >= 0.6 is 0 Å². The predicted octanol–water partition coefficient (Wildman–Crippen LogP) is 0.793. The average molecular weight is 207 g/mol. The number of nitrogens with zero attached hydrogens (tertiary/aromatic N) is 1. The highest BCUT2D eigenvalue weighted by molar-refractivity contribution is 5.93. The van der Waals surface area contributed by atoms with Crippen molar-refractivity contribution in [3.05, 3.63) is 24.3 Å². The van der Waals surface area contributed by atoms with E-state index < -0.39 is 0 Å². The van der Waals surface area contributed by atoms with Crippen molar-refractivity contribution in [1.29, 1.82) is 0 Å². The zero-order chi connectivity index (χ0) is 10.8. The fraction of sp³-hybridized carbons (Fsp3) is 0.364. The molecule has 1 heterocycles. The molecule has 1 atom stereocenters. The number of hydrogen-bond acceptors (Lipinski definition) is 3.